The molecule has 0 aromatic heterocycles. The molecule has 0 aliphatic heterocycles. The third-order valence-corrected chi connectivity index (χ3v) is 2.71. The summed E-state index contributed by atoms with van der Waals surface area (Å²) in [5.41, 5.74) is 0.822. The second kappa shape index (κ2) is 6.08. The van der Waals surface area contributed by atoms with Crippen LogP contribution in [0.1, 0.15) is 24.9 Å². The van der Waals surface area contributed by atoms with Crippen LogP contribution in [0.25, 0.3) is 0 Å². The van der Waals surface area contributed by atoms with Gasteiger partial charge in [0.15, 0.2) is 0 Å². The molecule has 0 saturated carbocycles. The quantitative estimate of drug-likeness (QED) is 0.810. The average molecular weight is 276 g/mol. The molecule has 0 saturated heterocycles. The lowest BCUT2D eigenvalue weighted by Crippen LogP contribution is -2.20. The number of aromatic hydroxyl groups is 1. The van der Waals surface area contributed by atoms with E-state index < -0.39 is 0 Å². The maximum absolute atomic E-state index is 11.9. The zero-order valence-corrected chi connectivity index (χ0v) is 10.2. The molecule has 0 fully saturated rings. The molecule has 0 heterocycles. The summed E-state index contributed by atoms with van der Waals surface area (Å²) in [6.45, 7) is 2.24. The summed E-state index contributed by atoms with van der Waals surface area (Å²) >= 11 is 3.35. The summed E-state index contributed by atoms with van der Waals surface area (Å²) in [5.74, 6) is 0.262. The van der Waals surface area contributed by atoms with Crippen molar-refractivity contribution in [2.45, 2.75) is 19.4 Å². The van der Waals surface area contributed by atoms with Crippen molar-refractivity contribution in [2.75, 3.05) is 13.2 Å². The molecule has 2 nitrogen and oxygen atoms in total. The SMILES string of the molecule is CC(NCCCF)c1cc(Br)ccc1O. The first-order valence-corrected chi connectivity index (χ1v) is 5.72. The molecule has 2 N–H and O–H groups in total. The van der Waals surface area contributed by atoms with Crippen LogP contribution in [0.2, 0.25) is 0 Å². The predicted octanol–water partition coefficient (Wildman–Crippen LogP) is 3.16. The zero-order chi connectivity index (χ0) is 11.3. The Labute approximate surface area is 97.6 Å². The van der Waals surface area contributed by atoms with Crippen molar-refractivity contribution in [1.29, 1.82) is 0 Å². The van der Waals surface area contributed by atoms with Gasteiger partial charge in [0.2, 0.25) is 0 Å². The van der Waals surface area contributed by atoms with E-state index in [2.05, 4.69) is 21.2 Å². The summed E-state index contributed by atoms with van der Waals surface area (Å²) in [6, 6.07) is 5.32. The number of hydrogen-bond acceptors (Lipinski definition) is 2. The minimum atomic E-state index is -0.315. The summed E-state index contributed by atoms with van der Waals surface area (Å²) < 4.78 is 12.8. The zero-order valence-electron chi connectivity index (χ0n) is 8.63. The second-order valence-electron chi connectivity index (χ2n) is 3.42. The summed E-state index contributed by atoms with van der Waals surface area (Å²) in [4.78, 5) is 0. The Kier molecular flexibility index (Phi) is 5.05. The summed E-state index contributed by atoms with van der Waals surface area (Å²) in [5, 5.41) is 12.8. The van der Waals surface area contributed by atoms with Crippen LogP contribution in [0.3, 0.4) is 0 Å². The van der Waals surface area contributed by atoms with E-state index in [9.17, 15) is 9.50 Å². The molecule has 15 heavy (non-hydrogen) atoms. The summed E-state index contributed by atoms with van der Waals surface area (Å²) in [7, 11) is 0. The fraction of sp³-hybridized carbons (Fsp3) is 0.455. The van der Waals surface area contributed by atoms with Crippen LogP contribution < -0.4 is 5.32 Å². The monoisotopic (exact) mass is 275 g/mol. The van der Waals surface area contributed by atoms with Gasteiger partial charge in [-0.05, 0) is 38.1 Å². The van der Waals surface area contributed by atoms with E-state index in [0.717, 1.165) is 10.0 Å². The molecule has 1 rings (SSSR count). The first-order chi connectivity index (χ1) is 7.15. The number of benzene rings is 1. The van der Waals surface area contributed by atoms with E-state index in [0.29, 0.717) is 13.0 Å². The van der Waals surface area contributed by atoms with Crippen molar-refractivity contribution in [1.82, 2.24) is 5.32 Å². The number of halogens is 2. The standard InChI is InChI=1S/C11H15BrFNO/c1-8(14-6-2-5-13)10-7-9(12)3-4-11(10)15/h3-4,7-8,14-15H,2,5-6H2,1H3. The van der Waals surface area contributed by atoms with Gasteiger partial charge in [-0.1, -0.05) is 15.9 Å². The minimum Gasteiger partial charge on any atom is -0.508 e. The van der Waals surface area contributed by atoms with Crippen molar-refractivity contribution in [3.05, 3.63) is 28.2 Å². The number of hydrogen-bond donors (Lipinski definition) is 2. The van der Waals surface area contributed by atoms with Gasteiger partial charge in [-0.15, -0.1) is 0 Å². The average Bonchev–Trinajstić information content (AvgIpc) is 2.22. The first kappa shape index (κ1) is 12.5. The highest BCUT2D eigenvalue weighted by molar-refractivity contribution is 9.10. The molecule has 0 bridgehead atoms. The summed E-state index contributed by atoms with van der Waals surface area (Å²) in [6.07, 6.45) is 0.499. The molecule has 4 heteroatoms. The lowest BCUT2D eigenvalue weighted by Gasteiger charge is -2.15. The van der Waals surface area contributed by atoms with E-state index >= 15 is 0 Å². The highest BCUT2D eigenvalue weighted by atomic mass is 79.9. The lowest BCUT2D eigenvalue weighted by atomic mass is 10.1. The molecule has 1 atom stereocenters. The lowest BCUT2D eigenvalue weighted by molar-refractivity contribution is 0.431. The van der Waals surface area contributed by atoms with Crippen molar-refractivity contribution >= 4 is 15.9 Å². The van der Waals surface area contributed by atoms with Gasteiger partial charge < -0.3 is 10.4 Å². The van der Waals surface area contributed by atoms with Crippen LogP contribution in [0.15, 0.2) is 22.7 Å². The van der Waals surface area contributed by atoms with Crippen LogP contribution >= 0.6 is 15.9 Å². The van der Waals surface area contributed by atoms with E-state index in [1.807, 2.05) is 13.0 Å². The van der Waals surface area contributed by atoms with Gasteiger partial charge in [-0.2, -0.15) is 0 Å². The van der Waals surface area contributed by atoms with E-state index in [4.69, 9.17) is 0 Å². The van der Waals surface area contributed by atoms with Crippen LogP contribution in [0.4, 0.5) is 4.39 Å². The topological polar surface area (TPSA) is 32.3 Å². The Balaban J connectivity index is 2.64. The molecule has 0 aliphatic carbocycles. The minimum absolute atomic E-state index is 0.0223. The Morgan fingerprint density at radius 1 is 1.53 bits per heavy atom. The van der Waals surface area contributed by atoms with Gasteiger partial charge in [0.25, 0.3) is 0 Å². The fourth-order valence-corrected chi connectivity index (χ4v) is 1.75. The van der Waals surface area contributed by atoms with Gasteiger partial charge in [-0.25, -0.2) is 0 Å². The third kappa shape index (κ3) is 3.80. The molecular weight excluding hydrogens is 261 g/mol. The van der Waals surface area contributed by atoms with Crippen molar-refractivity contribution in [3.8, 4) is 5.75 Å². The highest BCUT2D eigenvalue weighted by Crippen LogP contribution is 2.27. The Morgan fingerprint density at radius 2 is 2.27 bits per heavy atom. The molecule has 1 unspecified atom stereocenters. The van der Waals surface area contributed by atoms with Crippen LogP contribution in [-0.2, 0) is 0 Å². The molecule has 0 amide bonds. The largest absolute Gasteiger partial charge is 0.508 e. The van der Waals surface area contributed by atoms with E-state index in [-0.39, 0.29) is 18.5 Å². The highest BCUT2D eigenvalue weighted by Gasteiger charge is 2.09. The Hall–Kier alpha value is -0.610. The Morgan fingerprint density at radius 3 is 2.93 bits per heavy atom. The van der Waals surface area contributed by atoms with Crippen LogP contribution in [0.5, 0.6) is 5.75 Å². The van der Waals surface area contributed by atoms with Gasteiger partial charge >= 0.3 is 0 Å². The van der Waals surface area contributed by atoms with Crippen molar-refractivity contribution < 1.29 is 9.50 Å². The van der Waals surface area contributed by atoms with E-state index in [1.54, 1.807) is 12.1 Å². The maximum Gasteiger partial charge on any atom is 0.120 e. The van der Waals surface area contributed by atoms with Gasteiger partial charge in [0.05, 0.1) is 6.67 Å². The number of rotatable bonds is 5. The van der Waals surface area contributed by atoms with Crippen LogP contribution in [0, 0.1) is 0 Å². The van der Waals surface area contributed by atoms with Gasteiger partial charge in [-0.3, -0.25) is 4.39 Å². The number of phenols is 1. The predicted molar refractivity (Wildman–Crippen MR) is 62.8 cm³/mol. The number of nitrogens with one attached hydrogen (secondary N) is 1. The van der Waals surface area contributed by atoms with E-state index in [1.165, 1.54) is 0 Å². The molecule has 0 spiro atoms. The molecule has 1 aromatic carbocycles. The van der Waals surface area contributed by atoms with Crippen molar-refractivity contribution in [2.24, 2.45) is 0 Å². The smallest absolute Gasteiger partial charge is 0.120 e. The number of phenolic OH excluding ortho intramolecular Hbond substituents is 1. The van der Waals surface area contributed by atoms with Crippen LogP contribution in [-0.4, -0.2) is 18.3 Å². The third-order valence-electron chi connectivity index (χ3n) is 2.22. The molecular formula is C11H15BrFNO. The molecule has 84 valence electrons. The van der Waals surface area contributed by atoms with Gasteiger partial charge in [0, 0.05) is 16.1 Å². The van der Waals surface area contributed by atoms with Crippen molar-refractivity contribution in [3.63, 3.8) is 0 Å². The molecule has 0 radical (unpaired) electrons. The molecule has 1 aromatic rings. The second-order valence-corrected chi connectivity index (χ2v) is 4.34. The first-order valence-electron chi connectivity index (χ1n) is 4.93. The number of alkyl halides is 1. The Bertz CT molecular complexity index is 319. The maximum atomic E-state index is 11.9. The fourth-order valence-electron chi connectivity index (χ4n) is 1.37. The normalized spacial score (nSPS) is 12.7. The molecule has 0 aliphatic rings. The van der Waals surface area contributed by atoms with Gasteiger partial charge in [0.1, 0.15) is 5.75 Å².